The Morgan fingerprint density at radius 1 is 1.23 bits per heavy atom. The molecule has 2 nitrogen and oxygen atoms in total. The first-order chi connectivity index (χ1) is 6.20. The molecule has 0 N–H and O–H groups in total. The minimum absolute atomic E-state index is 1.19. The third-order valence-electron chi connectivity index (χ3n) is 3.31. The molecule has 74 valence electrons. The number of rotatable bonds is 4. The molecule has 0 aliphatic carbocycles. The molecule has 0 saturated heterocycles. The number of aryl methyl sites for hydroxylation is 1. The maximum absolute atomic E-state index is 4.32. The van der Waals surface area contributed by atoms with Gasteiger partial charge in [-0.05, 0) is 25.1 Å². The molecule has 0 bridgehead atoms. The summed E-state index contributed by atoms with van der Waals surface area (Å²) in [5, 5.41) is 0. The van der Waals surface area contributed by atoms with Gasteiger partial charge in [0.1, 0.15) is 0 Å². The molecule has 1 aromatic rings. The maximum atomic E-state index is 4.32. The third kappa shape index (κ3) is 1.70. The van der Waals surface area contributed by atoms with Gasteiger partial charge in [0.25, 0.3) is 0 Å². The Hall–Kier alpha value is -0.573. The van der Waals surface area contributed by atoms with Crippen LogP contribution in [0.2, 0.25) is 18.1 Å². The maximum Gasteiger partial charge on any atom is 0.162 e. The van der Waals surface area contributed by atoms with Crippen molar-refractivity contribution < 1.29 is 0 Å². The van der Waals surface area contributed by atoms with Gasteiger partial charge >= 0.3 is 0 Å². The zero-order valence-corrected chi connectivity index (χ0v) is 10.2. The molecule has 1 aromatic heterocycles. The number of hydrogen-bond acceptors (Lipinski definition) is 1. The van der Waals surface area contributed by atoms with Gasteiger partial charge in [0.2, 0.25) is 0 Å². The van der Waals surface area contributed by atoms with Crippen molar-refractivity contribution in [2.75, 3.05) is 0 Å². The van der Waals surface area contributed by atoms with E-state index in [4.69, 9.17) is 0 Å². The minimum Gasteiger partial charge on any atom is -0.362 e. The summed E-state index contributed by atoms with van der Waals surface area (Å²) in [5.41, 5.74) is 0. The fourth-order valence-electron chi connectivity index (χ4n) is 2.14. The standard InChI is InChI=1S/C10H20N2Si/c1-5-13(6-2,7-3)12-9-8-11-10(12)4/h8-9H,5-7H2,1-4H3. The highest BCUT2D eigenvalue weighted by Crippen LogP contribution is 2.23. The van der Waals surface area contributed by atoms with Gasteiger partial charge in [-0.3, -0.25) is 0 Å². The van der Waals surface area contributed by atoms with Gasteiger partial charge in [0.15, 0.2) is 8.24 Å². The van der Waals surface area contributed by atoms with E-state index < -0.39 is 8.24 Å². The van der Waals surface area contributed by atoms with E-state index in [1.807, 2.05) is 6.20 Å². The minimum atomic E-state index is -1.23. The van der Waals surface area contributed by atoms with Crippen molar-refractivity contribution in [2.45, 2.75) is 45.8 Å². The molecular weight excluding hydrogens is 176 g/mol. The largest absolute Gasteiger partial charge is 0.362 e. The molecule has 3 heteroatoms. The number of nitrogens with zero attached hydrogens (tertiary/aromatic N) is 2. The highest BCUT2D eigenvalue weighted by molar-refractivity contribution is 6.78. The second kappa shape index (κ2) is 4.09. The van der Waals surface area contributed by atoms with Crippen LogP contribution in [0, 0.1) is 6.92 Å². The molecule has 0 radical (unpaired) electrons. The number of hydrogen-bond donors (Lipinski definition) is 0. The van der Waals surface area contributed by atoms with Gasteiger partial charge in [-0.25, -0.2) is 4.98 Å². The normalized spacial score (nSPS) is 12.0. The van der Waals surface area contributed by atoms with Crippen molar-refractivity contribution in [1.29, 1.82) is 0 Å². The van der Waals surface area contributed by atoms with Gasteiger partial charge in [-0.2, -0.15) is 0 Å². The molecule has 0 aromatic carbocycles. The second-order valence-electron chi connectivity index (χ2n) is 3.63. The molecule has 0 amide bonds. The molecule has 0 fully saturated rings. The fraction of sp³-hybridized carbons (Fsp3) is 0.700. The van der Waals surface area contributed by atoms with Gasteiger partial charge in [-0.1, -0.05) is 20.8 Å². The lowest BCUT2D eigenvalue weighted by Gasteiger charge is -2.30. The number of aromatic nitrogens is 2. The van der Waals surface area contributed by atoms with Crippen molar-refractivity contribution in [3.05, 3.63) is 18.2 Å². The summed E-state index contributed by atoms with van der Waals surface area (Å²) in [7, 11) is -1.23. The van der Waals surface area contributed by atoms with Gasteiger partial charge in [0.05, 0.1) is 5.82 Å². The lowest BCUT2D eigenvalue weighted by atomic mass is 10.8. The van der Waals surface area contributed by atoms with E-state index >= 15 is 0 Å². The molecule has 1 rings (SSSR count). The molecular formula is C10H20N2Si. The summed E-state index contributed by atoms with van der Waals surface area (Å²) in [5.74, 6) is 1.19. The monoisotopic (exact) mass is 196 g/mol. The van der Waals surface area contributed by atoms with Crippen molar-refractivity contribution >= 4 is 8.24 Å². The molecule has 1 heterocycles. The van der Waals surface area contributed by atoms with Gasteiger partial charge < -0.3 is 4.23 Å². The zero-order chi connectivity index (χ0) is 9.90. The fourth-order valence-corrected chi connectivity index (χ4v) is 5.79. The molecule has 0 aliphatic heterocycles. The summed E-state index contributed by atoms with van der Waals surface area (Å²) >= 11 is 0. The average Bonchev–Trinajstić information content (AvgIpc) is 2.57. The Morgan fingerprint density at radius 2 is 1.77 bits per heavy atom. The summed E-state index contributed by atoms with van der Waals surface area (Å²) < 4.78 is 2.47. The Bertz CT molecular complexity index is 255. The highest BCUT2D eigenvalue weighted by Gasteiger charge is 2.30. The van der Waals surface area contributed by atoms with Gasteiger partial charge in [0, 0.05) is 12.4 Å². The summed E-state index contributed by atoms with van der Waals surface area (Å²) in [4.78, 5) is 4.32. The van der Waals surface area contributed by atoms with Crippen molar-refractivity contribution in [3.63, 3.8) is 0 Å². The van der Waals surface area contributed by atoms with Crippen LogP contribution in [-0.2, 0) is 0 Å². The zero-order valence-electron chi connectivity index (χ0n) is 9.17. The summed E-state index contributed by atoms with van der Waals surface area (Å²) in [6.45, 7) is 9.07. The SMILES string of the molecule is CC[Si](CC)(CC)n1ccnc1C. The Labute approximate surface area is 82.1 Å². The Balaban J connectivity index is 3.07. The van der Waals surface area contributed by atoms with Crippen molar-refractivity contribution in [3.8, 4) is 0 Å². The lowest BCUT2D eigenvalue weighted by molar-refractivity contribution is 0.952. The van der Waals surface area contributed by atoms with Crippen LogP contribution >= 0.6 is 0 Å². The molecule has 0 saturated carbocycles. The van der Waals surface area contributed by atoms with E-state index in [0.717, 1.165) is 0 Å². The van der Waals surface area contributed by atoms with E-state index in [1.54, 1.807) is 0 Å². The third-order valence-corrected chi connectivity index (χ3v) is 8.75. The lowest BCUT2D eigenvalue weighted by Crippen LogP contribution is -2.41. The van der Waals surface area contributed by atoms with E-state index in [0.29, 0.717) is 0 Å². The van der Waals surface area contributed by atoms with E-state index in [2.05, 4.69) is 43.1 Å². The second-order valence-corrected chi connectivity index (χ2v) is 8.68. The first-order valence-corrected chi connectivity index (χ1v) is 7.77. The van der Waals surface area contributed by atoms with Crippen LogP contribution in [0.4, 0.5) is 0 Å². The molecule has 0 unspecified atom stereocenters. The Kier molecular flexibility index (Phi) is 3.31. The topological polar surface area (TPSA) is 17.8 Å². The first kappa shape index (κ1) is 10.5. The average molecular weight is 196 g/mol. The molecule has 13 heavy (non-hydrogen) atoms. The highest BCUT2D eigenvalue weighted by atomic mass is 28.3. The summed E-state index contributed by atoms with van der Waals surface area (Å²) in [6, 6.07) is 3.95. The van der Waals surface area contributed by atoms with E-state index in [9.17, 15) is 0 Å². The van der Waals surface area contributed by atoms with Gasteiger partial charge in [-0.15, -0.1) is 0 Å². The molecule has 0 spiro atoms. The quantitative estimate of drug-likeness (QED) is 0.677. The van der Waals surface area contributed by atoms with Crippen LogP contribution < -0.4 is 0 Å². The van der Waals surface area contributed by atoms with E-state index in [1.165, 1.54) is 24.0 Å². The predicted molar refractivity (Wildman–Crippen MR) is 59.6 cm³/mol. The van der Waals surface area contributed by atoms with Crippen molar-refractivity contribution in [1.82, 2.24) is 9.22 Å². The van der Waals surface area contributed by atoms with Crippen LogP contribution in [0.3, 0.4) is 0 Å². The van der Waals surface area contributed by atoms with Crippen LogP contribution in [0.1, 0.15) is 26.6 Å². The Morgan fingerprint density at radius 3 is 2.08 bits per heavy atom. The van der Waals surface area contributed by atoms with Crippen molar-refractivity contribution in [2.24, 2.45) is 0 Å². The van der Waals surface area contributed by atoms with Crippen LogP contribution in [-0.4, -0.2) is 17.5 Å². The van der Waals surface area contributed by atoms with Crippen LogP contribution in [0.5, 0.6) is 0 Å². The number of imidazole rings is 1. The summed E-state index contributed by atoms with van der Waals surface area (Å²) in [6.07, 6.45) is 4.09. The van der Waals surface area contributed by atoms with E-state index in [-0.39, 0.29) is 0 Å². The first-order valence-electron chi connectivity index (χ1n) is 5.20. The molecule has 0 atom stereocenters. The van der Waals surface area contributed by atoms with Crippen LogP contribution in [0.15, 0.2) is 12.4 Å². The smallest absolute Gasteiger partial charge is 0.162 e. The van der Waals surface area contributed by atoms with Crippen LogP contribution in [0.25, 0.3) is 0 Å². The predicted octanol–water partition coefficient (Wildman–Crippen LogP) is 3.04. The molecule has 0 aliphatic rings.